The molecular weight excluding hydrogens is 362 g/mol. The molecule has 1 amide bonds. The van der Waals surface area contributed by atoms with E-state index in [1.54, 1.807) is 19.3 Å². The number of thiophene rings is 1. The first-order valence-corrected chi connectivity index (χ1v) is 10.6. The summed E-state index contributed by atoms with van der Waals surface area (Å²) in [6, 6.07) is 3.60. The molecule has 0 spiro atoms. The predicted octanol–water partition coefficient (Wildman–Crippen LogP) is 4.95. The van der Waals surface area contributed by atoms with E-state index in [2.05, 4.69) is 5.32 Å². The fourth-order valence-corrected chi connectivity index (χ4v) is 6.80. The molecule has 2 aromatic heterocycles. The van der Waals surface area contributed by atoms with E-state index in [1.807, 2.05) is 11.4 Å². The van der Waals surface area contributed by atoms with Crippen molar-refractivity contribution in [2.75, 3.05) is 11.9 Å². The van der Waals surface area contributed by atoms with Gasteiger partial charge in [-0.1, -0.05) is 0 Å². The monoisotopic (exact) mass is 385 g/mol. The third-order valence-corrected chi connectivity index (χ3v) is 7.62. The van der Waals surface area contributed by atoms with E-state index < -0.39 is 5.97 Å². The first kappa shape index (κ1) is 17.0. The highest BCUT2D eigenvalue weighted by molar-refractivity contribution is 7.15. The van der Waals surface area contributed by atoms with E-state index in [0.29, 0.717) is 39.6 Å². The van der Waals surface area contributed by atoms with E-state index in [0.717, 1.165) is 12.8 Å². The van der Waals surface area contributed by atoms with Crippen LogP contribution in [0.25, 0.3) is 11.3 Å². The van der Waals surface area contributed by atoms with Gasteiger partial charge >= 0.3 is 5.97 Å². The lowest BCUT2D eigenvalue weighted by Gasteiger charge is -2.31. The normalized spacial score (nSPS) is 30.6. The molecule has 2 atom stereocenters. The van der Waals surface area contributed by atoms with E-state index in [4.69, 9.17) is 9.15 Å². The predicted molar refractivity (Wildman–Crippen MR) is 103 cm³/mol. The van der Waals surface area contributed by atoms with Crippen molar-refractivity contribution < 1.29 is 18.7 Å². The molecule has 0 saturated heterocycles. The standard InChI is InChI=1S/C21H23NO4S/c1-2-25-19(23)17-15(16-4-3-5-26-16)11-27-18(17)22-20(24)21-9-12-6-13(10-21)8-14(21)7-12/h3-5,11-14H,2,6-10H2,1H3,(H,22,24). The van der Waals surface area contributed by atoms with Crippen LogP contribution in [0.3, 0.4) is 0 Å². The van der Waals surface area contributed by atoms with Crippen LogP contribution in [0.1, 0.15) is 49.4 Å². The number of amides is 1. The Hall–Kier alpha value is -2.08. The Morgan fingerprint density at radius 1 is 1.30 bits per heavy atom. The minimum Gasteiger partial charge on any atom is -0.464 e. The molecular formula is C21H23NO4S. The van der Waals surface area contributed by atoms with Gasteiger partial charge in [-0.3, -0.25) is 4.79 Å². The number of rotatable bonds is 5. The maximum absolute atomic E-state index is 13.3. The van der Waals surface area contributed by atoms with Crippen LogP contribution in [-0.2, 0) is 9.53 Å². The summed E-state index contributed by atoms with van der Waals surface area (Å²) in [6.07, 6.45) is 7.26. The largest absolute Gasteiger partial charge is 0.464 e. The summed E-state index contributed by atoms with van der Waals surface area (Å²) in [4.78, 5) is 26.0. The van der Waals surface area contributed by atoms with Gasteiger partial charge in [0.2, 0.25) is 5.91 Å². The Labute approximate surface area is 162 Å². The molecule has 4 fully saturated rings. The van der Waals surface area contributed by atoms with E-state index in [1.165, 1.54) is 30.6 Å². The molecule has 27 heavy (non-hydrogen) atoms. The number of hydrogen-bond donors (Lipinski definition) is 1. The molecule has 0 radical (unpaired) electrons. The summed E-state index contributed by atoms with van der Waals surface area (Å²) in [5.74, 6) is 2.20. The molecule has 0 aromatic carbocycles. The Kier molecular flexibility index (Phi) is 3.93. The van der Waals surface area contributed by atoms with Crippen molar-refractivity contribution in [2.45, 2.75) is 39.0 Å². The van der Waals surface area contributed by atoms with Crippen molar-refractivity contribution in [3.8, 4) is 11.3 Å². The minimum absolute atomic E-state index is 0.0931. The lowest BCUT2D eigenvalue weighted by molar-refractivity contribution is -0.127. The summed E-state index contributed by atoms with van der Waals surface area (Å²) < 4.78 is 10.7. The Morgan fingerprint density at radius 2 is 2.07 bits per heavy atom. The molecule has 4 aliphatic rings. The van der Waals surface area contributed by atoms with Crippen molar-refractivity contribution >= 4 is 28.2 Å². The second-order valence-corrected chi connectivity index (χ2v) is 9.09. The molecule has 142 valence electrons. The van der Waals surface area contributed by atoms with Gasteiger partial charge in [0.05, 0.1) is 18.3 Å². The molecule has 2 aromatic rings. The summed E-state index contributed by atoms with van der Waals surface area (Å²) in [7, 11) is 0. The molecule has 4 saturated carbocycles. The summed E-state index contributed by atoms with van der Waals surface area (Å²) >= 11 is 1.37. The van der Waals surface area contributed by atoms with Gasteiger partial charge in [0.25, 0.3) is 0 Å². The molecule has 4 aliphatic carbocycles. The summed E-state index contributed by atoms with van der Waals surface area (Å²) in [5, 5.41) is 5.55. The topological polar surface area (TPSA) is 68.5 Å². The highest BCUT2D eigenvalue weighted by Gasteiger charge is 2.61. The average Bonchev–Trinajstić information content (AvgIpc) is 3.38. The Balaban J connectivity index is 1.47. The Bertz CT molecular complexity index is 870. The van der Waals surface area contributed by atoms with Crippen molar-refractivity contribution in [3.05, 3.63) is 29.3 Å². The average molecular weight is 385 g/mol. The zero-order valence-corrected chi connectivity index (χ0v) is 16.1. The zero-order chi connectivity index (χ0) is 18.6. The van der Waals surface area contributed by atoms with Crippen LogP contribution in [0.5, 0.6) is 0 Å². The number of anilines is 1. The van der Waals surface area contributed by atoms with Crippen LogP contribution >= 0.6 is 11.3 Å². The lowest BCUT2D eigenvalue weighted by Crippen LogP contribution is -2.37. The molecule has 2 unspecified atom stereocenters. The van der Waals surface area contributed by atoms with E-state index in [-0.39, 0.29) is 17.9 Å². The number of esters is 1. The number of ether oxygens (including phenoxy) is 1. The molecule has 1 N–H and O–H groups in total. The third kappa shape index (κ3) is 2.57. The number of carbonyl (C=O) groups is 2. The van der Waals surface area contributed by atoms with Crippen LogP contribution in [0.4, 0.5) is 5.00 Å². The Morgan fingerprint density at radius 3 is 2.74 bits per heavy atom. The van der Waals surface area contributed by atoms with Crippen LogP contribution in [0.2, 0.25) is 0 Å². The maximum Gasteiger partial charge on any atom is 0.341 e. The third-order valence-electron chi connectivity index (χ3n) is 6.73. The highest BCUT2D eigenvalue weighted by Crippen LogP contribution is 2.65. The van der Waals surface area contributed by atoms with Crippen LogP contribution < -0.4 is 5.32 Å². The smallest absolute Gasteiger partial charge is 0.341 e. The van der Waals surface area contributed by atoms with Gasteiger partial charge in [-0.15, -0.1) is 11.3 Å². The maximum atomic E-state index is 13.3. The van der Waals surface area contributed by atoms with Gasteiger partial charge in [0.15, 0.2) is 0 Å². The fraction of sp³-hybridized carbons (Fsp3) is 0.524. The van der Waals surface area contributed by atoms with Crippen molar-refractivity contribution in [1.82, 2.24) is 0 Å². The summed E-state index contributed by atoms with van der Waals surface area (Å²) in [6.45, 7) is 2.07. The van der Waals surface area contributed by atoms with Gasteiger partial charge in [-0.05, 0) is 68.9 Å². The van der Waals surface area contributed by atoms with Gasteiger partial charge in [0, 0.05) is 10.9 Å². The van der Waals surface area contributed by atoms with Crippen molar-refractivity contribution in [2.24, 2.45) is 23.2 Å². The van der Waals surface area contributed by atoms with Crippen LogP contribution in [0.15, 0.2) is 28.2 Å². The van der Waals surface area contributed by atoms with Gasteiger partial charge in [0.1, 0.15) is 16.3 Å². The quantitative estimate of drug-likeness (QED) is 0.740. The first-order valence-electron chi connectivity index (χ1n) is 9.74. The number of carbonyl (C=O) groups excluding carboxylic acids is 2. The van der Waals surface area contributed by atoms with E-state index in [9.17, 15) is 9.59 Å². The summed E-state index contributed by atoms with van der Waals surface area (Å²) in [5.41, 5.74) is 0.849. The zero-order valence-electron chi connectivity index (χ0n) is 15.3. The highest BCUT2D eigenvalue weighted by atomic mass is 32.1. The second kappa shape index (κ2) is 6.23. The number of nitrogens with one attached hydrogen (secondary N) is 1. The molecule has 2 heterocycles. The fourth-order valence-electron chi connectivity index (χ4n) is 5.86. The van der Waals surface area contributed by atoms with Gasteiger partial charge in [-0.25, -0.2) is 4.79 Å². The molecule has 6 rings (SSSR count). The van der Waals surface area contributed by atoms with Crippen molar-refractivity contribution in [1.29, 1.82) is 0 Å². The van der Waals surface area contributed by atoms with Crippen LogP contribution in [0, 0.1) is 23.2 Å². The number of hydrogen-bond acceptors (Lipinski definition) is 5. The molecule has 4 bridgehead atoms. The molecule has 0 aliphatic heterocycles. The van der Waals surface area contributed by atoms with Crippen molar-refractivity contribution in [3.63, 3.8) is 0 Å². The molecule has 5 nitrogen and oxygen atoms in total. The van der Waals surface area contributed by atoms with E-state index >= 15 is 0 Å². The van der Waals surface area contributed by atoms with Crippen LogP contribution in [-0.4, -0.2) is 18.5 Å². The second-order valence-electron chi connectivity index (χ2n) is 8.21. The number of furan rings is 1. The SMILES string of the molecule is CCOC(=O)c1c(-c2ccco2)csc1NC(=O)C12CC3CC(CC1C3)C2. The minimum atomic E-state index is -0.421. The van der Waals surface area contributed by atoms with Gasteiger partial charge in [-0.2, -0.15) is 0 Å². The van der Waals surface area contributed by atoms with Gasteiger partial charge < -0.3 is 14.5 Å². The lowest BCUT2D eigenvalue weighted by atomic mass is 9.75. The first-order chi connectivity index (χ1) is 13.1. The molecule has 6 heteroatoms.